The Morgan fingerprint density at radius 1 is 1.41 bits per heavy atom. The van der Waals surface area contributed by atoms with Gasteiger partial charge in [-0.3, -0.25) is 9.69 Å². The van der Waals surface area contributed by atoms with Crippen LogP contribution in [-0.2, 0) is 9.59 Å². The molecule has 1 atom stereocenters. The van der Waals surface area contributed by atoms with E-state index in [-0.39, 0.29) is 10.7 Å². The van der Waals surface area contributed by atoms with Crippen LogP contribution in [0.2, 0.25) is 0 Å². The maximum atomic E-state index is 12.6. The summed E-state index contributed by atoms with van der Waals surface area (Å²) < 4.78 is 7.02. The number of thiocarbonyl (C=S) groups is 1. The molecule has 1 saturated heterocycles. The summed E-state index contributed by atoms with van der Waals surface area (Å²) in [7, 11) is 0. The summed E-state index contributed by atoms with van der Waals surface area (Å²) in [5.41, 5.74) is 2.04. The Bertz CT molecular complexity index is 966. The topological polar surface area (TPSA) is 70.8 Å². The predicted octanol–water partition coefficient (Wildman–Crippen LogP) is 5.08. The normalized spacial score (nSPS) is 17.0. The Morgan fingerprint density at radius 3 is 2.78 bits per heavy atom. The molecule has 1 aromatic heterocycles. The van der Waals surface area contributed by atoms with Crippen LogP contribution >= 0.6 is 39.9 Å². The number of furan rings is 1. The van der Waals surface area contributed by atoms with Gasteiger partial charge in [0.25, 0.3) is 5.91 Å². The zero-order valence-electron chi connectivity index (χ0n) is 14.6. The number of carbonyl (C=O) groups is 2. The monoisotopic (exact) mass is 465 g/mol. The van der Waals surface area contributed by atoms with Gasteiger partial charge in [0, 0.05) is 16.1 Å². The average Bonchev–Trinajstić information content (AvgIpc) is 3.15. The highest BCUT2D eigenvalue weighted by Crippen LogP contribution is 2.36. The van der Waals surface area contributed by atoms with Crippen molar-refractivity contribution in [1.29, 1.82) is 0 Å². The van der Waals surface area contributed by atoms with E-state index in [1.54, 1.807) is 19.1 Å². The van der Waals surface area contributed by atoms with Crippen molar-refractivity contribution in [3.05, 3.63) is 51.0 Å². The van der Waals surface area contributed by atoms with E-state index in [0.29, 0.717) is 16.4 Å². The molecular formula is C19H16BrNO4S2. The molecule has 140 valence electrons. The summed E-state index contributed by atoms with van der Waals surface area (Å²) in [5.74, 6) is -0.310. The molecule has 0 saturated carbocycles. The lowest BCUT2D eigenvalue weighted by Gasteiger charge is -2.21. The van der Waals surface area contributed by atoms with Gasteiger partial charge in [-0.2, -0.15) is 0 Å². The Hall–Kier alpha value is -1.90. The van der Waals surface area contributed by atoms with Crippen molar-refractivity contribution in [3.8, 4) is 11.3 Å². The highest BCUT2D eigenvalue weighted by Gasteiger charge is 2.39. The molecule has 1 amide bonds. The van der Waals surface area contributed by atoms with Crippen LogP contribution in [-0.4, -0.2) is 32.2 Å². The second kappa shape index (κ2) is 8.00. The molecule has 5 nitrogen and oxygen atoms in total. The van der Waals surface area contributed by atoms with Gasteiger partial charge in [-0.25, -0.2) is 4.79 Å². The molecule has 2 aromatic rings. The number of carboxylic acid groups (broad SMARTS) is 1. The van der Waals surface area contributed by atoms with Crippen molar-refractivity contribution in [1.82, 2.24) is 4.90 Å². The minimum atomic E-state index is -1.07. The number of carbonyl (C=O) groups excluding carboxylic acids is 1. The van der Waals surface area contributed by atoms with Crippen molar-refractivity contribution in [2.45, 2.75) is 26.3 Å². The third-order valence-corrected chi connectivity index (χ3v) is 6.08. The van der Waals surface area contributed by atoms with E-state index in [1.165, 1.54) is 0 Å². The van der Waals surface area contributed by atoms with Gasteiger partial charge in [-0.05, 0) is 43.2 Å². The molecule has 27 heavy (non-hydrogen) atoms. The van der Waals surface area contributed by atoms with Gasteiger partial charge < -0.3 is 9.52 Å². The Balaban J connectivity index is 1.88. The van der Waals surface area contributed by atoms with Crippen LogP contribution in [0.1, 0.15) is 24.7 Å². The molecular weight excluding hydrogens is 450 g/mol. The third kappa shape index (κ3) is 4.02. The minimum absolute atomic E-state index is 0.244. The van der Waals surface area contributed by atoms with E-state index in [0.717, 1.165) is 32.3 Å². The summed E-state index contributed by atoms with van der Waals surface area (Å²) in [5, 5.41) is 9.31. The highest BCUT2D eigenvalue weighted by atomic mass is 79.9. The summed E-state index contributed by atoms with van der Waals surface area (Å²) in [6, 6.07) is 8.58. The summed E-state index contributed by atoms with van der Waals surface area (Å²) in [6.45, 7) is 3.71. The van der Waals surface area contributed by atoms with Gasteiger partial charge in [0.05, 0.1) is 4.91 Å². The number of carboxylic acids is 1. The fraction of sp³-hybridized carbons (Fsp3) is 0.211. The van der Waals surface area contributed by atoms with Crippen LogP contribution in [0.3, 0.4) is 0 Å². The zero-order valence-corrected chi connectivity index (χ0v) is 17.8. The largest absolute Gasteiger partial charge is 0.480 e. The molecule has 0 aliphatic carbocycles. The first kappa shape index (κ1) is 19.9. The summed E-state index contributed by atoms with van der Waals surface area (Å²) in [6.07, 6.45) is 1.88. The first-order valence-electron chi connectivity index (χ1n) is 8.18. The minimum Gasteiger partial charge on any atom is -0.480 e. The maximum absolute atomic E-state index is 12.6. The number of rotatable bonds is 5. The van der Waals surface area contributed by atoms with Crippen molar-refractivity contribution < 1.29 is 19.1 Å². The Morgan fingerprint density at radius 2 is 2.15 bits per heavy atom. The van der Waals surface area contributed by atoms with Crippen molar-refractivity contribution >= 4 is 62.2 Å². The van der Waals surface area contributed by atoms with E-state index in [4.69, 9.17) is 16.6 Å². The SMILES string of the molecule is CCC(C(=O)O)N1C(=O)/C(=C/c2ccc(-c3ccc(C)cc3Br)o2)SC1=S. The second-order valence-electron chi connectivity index (χ2n) is 6.00. The smallest absolute Gasteiger partial charge is 0.326 e. The number of thioether (sulfide) groups is 1. The van der Waals surface area contributed by atoms with Crippen LogP contribution in [0.25, 0.3) is 17.4 Å². The predicted molar refractivity (Wildman–Crippen MR) is 113 cm³/mol. The maximum Gasteiger partial charge on any atom is 0.326 e. The molecule has 1 aliphatic heterocycles. The number of halogens is 1. The van der Waals surface area contributed by atoms with Crippen LogP contribution in [0.4, 0.5) is 0 Å². The molecule has 1 fully saturated rings. The van der Waals surface area contributed by atoms with E-state index >= 15 is 0 Å². The fourth-order valence-electron chi connectivity index (χ4n) is 2.74. The first-order chi connectivity index (χ1) is 12.8. The van der Waals surface area contributed by atoms with Gasteiger partial charge in [0.1, 0.15) is 21.9 Å². The number of aliphatic carboxylic acids is 1. The van der Waals surface area contributed by atoms with E-state index in [1.807, 2.05) is 31.2 Å². The molecule has 0 bridgehead atoms. The lowest BCUT2D eigenvalue weighted by atomic mass is 10.1. The number of aryl methyl sites for hydroxylation is 1. The van der Waals surface area contributed by atoms with E-state index in [2.05, 4.69) is 15.9 Å². The Kier molecular flexibility index (Phi) is 5.88. The van der Waals surface area contributed by atoms with Gasteiger partial charge in [-0.1, -0.05) is 52.9 Å². The van der Waals surface area contributed by atoms with Crippen LogP contribution in [0.5, 0.6) is 0 Å². The highest BCUT2D eigenvalue weighted by molar-refractivity contribution is 9.10. The van der Waals surface area contributed by atoms with E-state index < -0.39 is 17.9 Å². The molecule has 0 radical (unpaired) electrons. The van der Waals surface area contributed by atoms with Crippen molar-refractivity contribution in [2.75, 3.05) is 0 Å². The lowest BCUT2D eigenvalue weighted by molar-refractivity contribution is -0.145. The molecule has 3 rings (SSSR count). The van der Waals surface area contributed by atoms with Crippen molar-refractivity contribution in [2.24, 2.45) is 0 Å². The van der Waals surface area contributed by atoms with E-state index in [9.17, 15) is 14.7 Å². The summed E-state index contributed by atoms with van der Waals surface area (Å²) in [4.78, 5) is 25.5. The van der Waals surface area contributed by atoms with Gasteiger partial charge in [-0.15, -0.1) is 0 Å². The quantitative estimate of drug-likeness (QED) is 0.490. The number of hydrogen-bond acceptors (Lipinski definition) is 5. The van der Waals surface area contributed by atoms with Gasteiger partial charge >= 0.3 is 5.97 Å². The Labute approximate surface area is 174 Å². The molecule has 1 aromatic carbocycles. The number of nitrogens with zero attached hydrogens (tertiary/aromatic N) is 1. The van der Waals surface area contributed by atoms with Crippen molar-refractivity contribution in [3.63, 3.8) is 0 Å². The fourth-order valence-corrected chi connectivity index (χ4v) is 4.77. The molecule has 2 heterocycles. The molecule has 1 aliphatic rings. The standard InChI is InChI=1S/C19H16BrNO4S2/c1-3-14(18(23)24)21-17(22)16(27-19(21)26)9-11-5-7-15(25-11)12-6-4-10(2)8-13(12)20/h4-9,14H,3H2,1-2H3,(H,23,24)/b16-9-. The molecule has 1 N–H and O–H groups in total. The lowest BCUT2D eigenvalue weighted by Crippen LogP contribution is -2.43. The zero-order chi connectivity index (χ0) is 19.7. The molecule has 0 spiro atoms. The molecule has 1 unspecified atom stereocenters. The summed E-state index contributed by atoms with van der Waals surface area (Å²) >= 11 is 9.83. The molecule has 8 heteroatoms. The third-order valence-electron chi connectivity index (χ3n) is 4.10. The van der Waals surface area contributed by atoms with Gasteiger partial charge in [0.15, 0.2) is 0 Å². The first-order valence-corrected chi connectivity index (χ1v) is 10.2. The number of hydrogen-bond donors (Lipinski definition) is 1. The average molecular weight is 466 g/mol. The van der Waals surface area contributed by atoms with Gasteiger partial charge in [0.2, 0.25) is 0 Å². The number of benzene rings is 1. The van der Waals surface area contributed by atoms with Crippen LogP contribution < -0.4 is 0 Å². The van der Waals surface area contributed by atoms with Crippen LogP contribution in [0, 0.1) is 6.92 Å². The number of amides is 1. The second-order valence-corrected chi connectivity index (χ2v) is 8.53. The van der Waals surface area contributed by atoms with Crippen LogP contribution in [0.15, 0.2) is 44.1 Å².